The summed E-state index contributed by atoms with van der Waals surface area (Å²) in [6, 6.07) is 10.6. The van der Waals surface area contributed by atoms with Gasteiger partial charge in [-0.15, -0.1) is 11.8 Å². The van der Waals surface area contributed by atoms with Gasteiger partial charge in [-0.3, -0.25) is 24.5 Å². The highest BCUT2D eigenvalue weighted by atomic mass is 32.2. The molecule has 0 bridgehead atoms. The third-order valence-electron chi connectivity index (χ3n) is 5.33. The SMILES string of the molecule is COC(=O)CCSc1cccc(-c2ccc3c(c2)CN(C2CCC(=O)NC2=O)C3=O)n1. The number of nitrogens with zero attached hydrogens (tertiary/aromatic N) is 2. The molecule has 0 spiro atoms. The number of aromatic nitrogens is 1. The Hall–Kier alpha value is -3.20. The second kappa shape index (κ2) is 8.89. The van der Waals surface area contributed by atoms with E-state index in [2.05, 4.69) is 15.0 Å². The lowest BCUT2D eigenvalue weighted by Crippen LogP contribution is -2.52. The van der Waals surface area contributed by atoms with E-state index in [0.29, 0.717) is 30.7 Å². The zero-order valence-electron chi connectivity index (χ0n) is 16.9. The summed E-state index contributed by atoms with van der Waals surface area (Å²) in [5.74, 6) is -0.606. The summed E-state index contributed by atoms with van der Waals surface area (Å²) in [6.45, 7) is 0.321. The summed E-state index contributed by atoms with van der Waals surface area (Å²) in [5.41, 5.74) is 3.03. The maximum absolute atomic E-state index is 12.8. The molecule has 0 aliphatic carbocycles. The molecule has 2 aliphatic heterocycles. The van der Waals surface area contributed by atoms with Crippen LogP contribution in [0.3, 0.4) is 0 Å². The lowest BCUT2D eigenvalue weighted by atomic mass is 10.0. The fourth-order valence-electron chi connectivity index (χ4n) is 3.73. The van der Waals surface area contributed by atoms with Gasteiger partial charge < -0.3 is 9.64 Å². The number of fused-ring (bicyclic) bond motifs is 1. The van der Waals surface area contributed by atoms with Crippen molar-refractivity contribution in [1.29, 1.82) is 0 Å². The van der Waals surface area contributed by atoms with Crippen LogP contribution in [0.5, 0.6) is 0 Å². The number of methoxy groups -OCH3 is 1. The molecule has 1 aromatic heterocycles. The van der Waals surface area contributed by atoms with Gasteiger partial charge in [0.05, 0.1) is 24.3 Å². The van der Waals surface area contributed by atoms with Gasteiger partial charge in [0.15, 0.2) is 0 Å². The van der Waals surface area contributed by atoms with E-state index in [0.717, 1.165) is 21.8 Å². The molecule has 2 aromatic rings. The van der Waals surface area contributed by atoms with E-state index >= 15 is 0 Å². The van der Waals surface area contributed by atoms with E-state index in [1.54, 1.807) is 6.07 Å². The predicted molar refractivity (Wildman–Crippen MR) is 113 cm³/mol. The maximum Gasteiger partial charge on any atom is 0.306 e. The zero-order chi connectivity index (χ0) is 22.0. The van der Waals surface area contributed by atoms with Crippen molar-refractivity contribution in [3.05, 3.63) is 47.5 Å². The molecule has 8 nitrogen and oxygen atoms in total. The highest BCUT2D eigenvalue weighted by molar-refractivity contribution is 7.99. The van der Waals surface area contributed by atoms with Gasteiger partial charge in [-0.1, -0.05) is 12.1 Å². The van der Waals surface area contributed by atoms with Crippen LogP contribution in [0, 0.1) is 0 Å². The van der Waals surface area contributed by atoms with Gasteiger partial charge in [0, 0.05) is 29.8 Å². The average molecular weight is 439 g/mol. The van der Waals surface area contributed by atoms with Crippen molar-refractivity contribution in [2.24, 2.45) is 0 Å². The Morgan fingerprint density at radius 3 is 2.87 bits per heavy atom. The van der Waals surface area contributed by atoms with E-state index in [4.69, 9.17) is 0 Å². The van der Waals surface area contributed by atoms with Crippen molar-refractivity contribution in [2.75, 3.05) is 12.9 Å². The van der Waals surface area contributed by atoms with Gasteiger partial charge in [0.25, 0.3) is 5.91 Å². The molecule has 0 radical (unpaired) electrons. The van der Waals surface area contributed by atoms with E-state index < -0.39 is 11.9 Å². The normalized spacial score (nSPS) is 18.0. The fraction of sp³-hybridized carbons (Fsp3) is 0.318. The standard InChI is InChI=1S/C22H21N3O5S/c1-30-20(27)9-10-31-19-4-2-3-16(23-19)13-5-6-15-14(11-13)12-25(22(15)29)17-7-8-18(26)24-21(17)28/h2-6,11,17H,7-10,12H2,1H3,(H,24,26,28). The Labute approximate surface area is 183 Å². The Morgan fingerprint density at radius 1 is 1.26 bits per heavy atom. The zero-order valence-corrected chi connectivity index (χ0v) is 17.7. The molecule has 1 unspecified atom stereocenters. The van der Waals surface area contributed by atoms with E-state index in [9.17, 15) is 19.2 Å². The molecule has 160 valence electrons. The molecule has 3 heterocycles. The minimum absolute atomic E-state index is 0.198. The van der Waals surface area contributed by atoms with Crippen LogP contribution in [0.1, 0.15) is 35.2 Å². The van der Waals surface area contributed by atoms with Crippen molar-refractivity contribution >= 4 is 35.5 Å². The largest absolute Gasteiger partial charge is 0.469 e. The van der Waals surface area contributed by atoms with Crippen LogP contribution in [0.25, 0.3) is 11.3 Å². The molecular formula is C22H21N3O5S. The van der Waals surface area contributed by atoms with Gasteiger partial charge in [-0.2, -0.15) is 0 Å². The Balaban J connectivity index is 1.50. The van der Waals surface area contributed by atoms with Crippen molar-refractivity contribution in [2.45, 2.75) is 36.9 Å². The molecule has 1 aromatic carbocycles. The highest BCUT2D eigenvalue weighted by Crippen LogP contribution is 2.31. The molecule has 31 heavy (non-hydrogen) atoms. The fourth-order valence-corrected chi connectivity index (χ4v) is 4.55. The Kier molecular flexibility index (Phi) is 6.03. The Bertz CT molecular complexity index is 1070. The maximum atomic E-state index is 12.8. The number of imide groups is 1. The van der Waals surface area contributed by atoms with Crippen molar-refractivity contribution in [1.82, 2.24) is 15.2 Å². The third-order valence-corrected chi connectivity index (χ3v) is 6.26. The number of nitrogens with one attached hydrogen (secondary N) is 1. The summed E-state index contributed by atoms with van der Waals surface area (Å²) < 4.78 is 4.65. The number of carbonyl (C=O) groups excluding carboxylic acids is 4. The van der Waals surface area contributed by atoms with Gasteiger partial charge in [0.1, 0.15) is 6.04 Å². The minimum Gasteiger partial charge on any atom is -0.469 e. The van der Waals surface area contributed by atoms with Crippen LogP contribution in [-0.2, 0) is 25.7 Å². The first-order valence-corrected chi connectivity index (χ1v) is 10.9. The summed E-state index contributed by atoms with van der Waals surface area (Å²) in [7, 11) is 1.37. The number of pyridine rings is 1. The van der Waals surface area contributed by atoms with Crippen LogP contribution >= 0.6 is 11.8 Å². The summed E-state index contributed by atoms with van der Waals surface area (Å²) in [4.78, 5) is 53.9. The van der Waals surface area contributed by atoms with Gasteiger partial charge in [-0.25, -0.2) is 4.98 Å². The number of esters is 1. The smallest absolute Gasteiger partial charge is 0.306 e. The molecule has 1 N–H and O–H groups in total. The van der Waals surface area contributed by atoms with Crippen LogP contribution in [0.2, 0.25) is 0 Å². The number of benzene rings is 1. The van der Waals surface area contributed by atoms with Crippen molar-refractivity contribution in [3.63, 3.8) is 0 Å². The molecule has 1 atom stereocenters. The second-order valence-corrected chi connectivity index (χ2v) is 8.42. The number of rotatable bonds is 6. The van der Waals surface area contributed by atoms with Gasteiger partial charge >= 0.3 is 5.97 Å². The lowest BCUT2D eigenvalue weighted by Gasteiger charge is -2.29. The molecule has 3 amide bonds. The molecular weight excluding hydrogens is 418 g/mol. The summed E-state index contributed by atoms with van der Waals surface area (Å²) in [6.07, 6.45) is 0.875. The second-order valence-electron chi connectivity index (χ2n) is 7.31. The Morgan fingerprint density at radius 2 is 2.10 bits per heavy atom. The topological polar surface area (TPSA) is 106 Å². The van der Waals surface area contributed by atoms with E-state index in [1.807, 2.05) is 30.3 Å². The monoisotopic (exact) mass is 439 g/mol. The molecule has 0 saturated carbocycles. The summed E-state index contributed by atoms with van der Waals surface area (Å²) in [5, 5.41) is 3.11. The first-order chi connectivity index (χ1) is 15.0. The number of hydrogen-bond donors (Lipinski definition) is 1. The third kappa shape index (κ3) is 4.46. The first kappa shape index (κ1) is 21.0. The molecule has 1 fully saturated rings. The number of amides is 3. The number of ether oxygens (including phenoxy) is 1. The minimum atomic E-state index is -0.631. The quantitative estimate of drug-likeness (QED) is 0.418. The summed E-state index contributed by atoms with van der Waals surface area (Å²) >= 11 is 1.47. The molecule has 4 rings (SSSR count). The molecule has 1 saturated heterocycles. The van der Waals surface area contributed by atoms with Gasteiger partial charge in [0.2, 0.25) is 11.8 Å². The van der Waals surface area contributed by atoms with Crippen LogP contribution in [0.15, 0.2) is 41.4 Å². The first-order valence-electron chi connectivity index (χ1n) is 9.91. The van der Waals surface area contributed by atoms with Gasteiger partial charge in [-0.05, 0) is 36.2 Å². The molecule has 9 heteroatoms. The number of hydrogen-bond acceptors (Lipinski definition) is 7. The number of carbonyl (C=O) groups is 4. The number of thioether (sulfide) groups is 1. The van der Waals surface area contributed by atoms with Crippen molar-refractivity contribution < 1.29 is 23.9 Å². The predicted octanol–water partition coefficient (Wildman–Crippen LogP) is 2.16. The highest BCUT2D eigenvalue weighted by Gasteiger charge is 2.39. The van der Waals surface area contributed by atoms with Crippen LogP contribution in [-0.4, -0.2) is 52.5 Å². The van der Waals surface area contributed by atoms with E-state index in [1.165, 1.54) is 23.8 Å². The van der Waals surface area contributed by atoms with Crippen LogP contribution < -0.4 is 5.32 Å². The number of piperidine rings is 1. The average Bonchev–Trinajstić information content (AvgIpc) is 3.09. The van der Waals surface area contributed by atoms with E-state index in [-0.39, 0.29) is 24.2 Å². The van der Waals surface area contributed by atoms with Crippen molar-refractivity contribution in [3.8, 4) is 11.3 Å². The lowest BCUT2D eigenvalue weighted by molar-refractivity contribution is -0.140. The molecule has 2 aliphatic rings. The van der Waals surface area contributed by atoms with Crippen LogP contribution in [0.4, 0.5) is 0 Å².